The number of hydrogen-bond donors (Lipinski definition) is 2. The quantitative estimate of drug-likeness (QED) is 0.804. The van der Waals surface area contributed by atoms with Gasteiger partial charge < -0.3 is 16.0 Å². The van der Waals surface area contributed by atoms with E-state index >= 15 is 0 Å². The van der Waals surface area contributed by atoms with Crippen LogP contribution in [0, 0.1) is 5.92 Å². The van der Waals surface area contributed by atoms with Gasteiger partial charge in [-0.25, -0.2) is 0 Å². The predicted molar refractivity (Wildman–Crippen MR) is 75.7 cm³/mol. The second-order valence-corrected chi connectivity index (χ2v) is 6.64. The van der Waals surface area contributed by atoms with Crippen molar-refractivity contribution in [3.63, 3.8) is 0 Å². The summed E-state index contributed by atoms with van der Waals surface area (Å²) in [5.74, 6) is 0.595. The van der Waals surface area contributed by atoms with Gasteiger partial charge in [0.05, 0.1) is 0 Å². The van der Waals surface area contributed by atoms with Crippen LogP contribution in [-0.2, 0) is 4.79 Å². The van der Waals surface area contributed by atoms with Crippen LogP contribution >= 0.6 is 0 Å². The molecule has 0 bridgehead atoms. The summed E-state index contributed by atoms with van der Waals surface area (Å²) < 4.78 is 0. The van der Waals surface area contributed by atoms with Gasteiger partial charge in [0.1, 0.15) is 0 Å². The molecule has 2 aliphatic carbocycles. The zero-order valence-corrected chi connectivity index (χ0v) is 11.8. The van der Waals surface area contributed by atoms with Gasteiger partial charge in [0.15, 0.2) is 0 Å². The maximum atomic E-state index is 12.8. The van der Waals surface area contributed by atoms with Crippen molar-refractivity contribution in [1.29, 1.82) is 0 Å². The van der Waals surface area contributed by atoms with E-state index in [2.05, 4.69) is 10.2 Å². The Bertz CT molecular complexity index is 323. The van der Waals surface area contributed by atoms with Crippen LogP contribution in [0.15, 0.2) is 0 Å². The predicted octanol–water partition coefficient (Wildman–Crippen LogP) is 1.25. The first-order valence-electron chi connectivity index (χ1n) is 8.03. The second kappa shape index (κ2) is 5.80. The Morgan fingerprint density at radius 3 is 2.63 bits per heavy atom. The van der Waals surface area contributed by atoms with Crippen molar-refractivity contribution in [2.45, 2.75) is 69.5 Å². The summed E-state index contributed by atoms with van der Waals surface area (Å²) in [7, 11) is 0. The molecular formula is C15H27N3O. The van der Waals surface area contributed by atoms with Crippen molar-refractivity contribution in [3.05, 3.63) is 0 Å². The summed E-state index contributed by atoms with van der Waals surface area (Å²) in [6.45, 7) is 2.04. The fourth-order valence-electron chi connectivity index (χ4n) is 3.64. The molecule has 2 saturated carbocycles. The first-order chi connectivity index (χ1) is 9.24. The van der Waals surface area contributed by atoms with Crippen molar-refractivity contribution in [2.24, 2.45) is 11.7 Å². The molecule has 3 atom stereocenters. The third-order valence-electron chi connectivity index (χ3n) is 4.91. The molecule has 3 rings (SSSR count). The molecule has 4 nitrogen and oxygen atoms in total. The van der Waals surface area contributed by atoms with E-state index in [1.165, 1.54) is 25.7 Å². The van der Waals surface area contributed by atoms with E-state index in [1.54, 1.807) is 0 Å². The van der Waals surface area contributed by atoms with Crippen LogP contribution in [0.25, 0.3) is 0 Å². The minimum Gasteiger partial charge on any atom is -0.338 e. The van der Waals surface area contributed by atoms with Gasteiger partial charge in [0.25, 0.3) is 0 Å². The number of nitrogens with two attached hydrogens (primary N) is 1. The Morgan fingerprint density at radius 2 is 2.00 bits per heavy atom. The Kier molecular flexibility index (Phi) is 4.08. The molecule has 0 aromatic heterocycles. The largest absolute Gasteiger partial charge is 0.338 e. The third-order valence-corrected chi connectivity index (χ3v) is 4.91. The molecule has 3 N–H and O–H groups in total. The summed E-state index contributed by atoms with van der Waals surface area (Å²) in [4.78, 5) is 14.9. The van der Waals surface area contributed by atoms with E-state index in [4.69, 9.17) is 5.73 Å². The summed E-state index contributed by atoms with van der Waals surface area (Å²) in [5.41, 5.74) is 6.04. The fraction of sp³-hybridized carbons (Fsp3) is 0.933. The number of amides is 1. The van der Waals surface area contributed by atoms with Gasteiger partial charge in [-0.1, -0.05) is 6.42 Å². The normalized spacial score (nSPS) is 35.3. The number of hydrogen-bond acceptors (Lipinski definition) is 3. The van der Waals surface area contributed by atoms with Gasteiger partial charge in [-0.2, -0.15) is 0 Å². The van der Waals surface area contributed by atoms with Gasteiger partial charge >= 0.3 is 0 Å². The van der Waals surface area contributed by atoms with Crippen LogP contribution in [-0.4, -0.2) is 42.0 Å². The van der Waals surface area contributed by atoms with Crippen LogP contribution < -0.4 is 11.1 Å². The minimum absolute atomic E-state index is 0.200. The zero-order valence-electron chi connectivity index (χ0n) is 11.8. The Balaban J connectivity index is 1.60. The van der Waals surface area contributed by atoms with Gasteiger partial charge in [-0.05, 0) is 51.5 Å². The molecule has 0 radical (unpaired) electrons. The number of rotatable bonds is 4. The number of nitrogens with zero attached hydrogens (tertiary/aromatic N) is 1. The molecule has 0 aromatic carbocycles. The Labute approximate surface area is 116 Å². The van der Waals surface area contributed by atoms with Crippen LogP contribution in [0.3, 0.4) is 0 Å². The highest BCUT2D eigenvalue weighted by Crippen LogP contribution is 2.32. The average molecular weight is 265 g/mol. The lowest BCUT2D eigenvalue weighted by Gasteiger charge is -2.33. The maximum Gasteiger partial charge on any atom is 0.226 e. The smallest absolute Gasteiger partial charge is 0.226 e. The first kappa shape index (κ1) is 13.4. The molecule has 3 fully saturated rings. The molecule has 108 valence electrons. The zero-order chi connectivity index (χ0) is 13.2. The molecule has 1 saturated heterocycles. The van der Waals surface area contributed by atoms with Crippen LogP contribution in [0.2, 0.25) is 0 Å². The lowest BCUT2D eigenvalue weighted by molar-refractivity contribution is -0.137. The average Bonchev–Trinajstić information content (AvgIpc) is 3.12. The molecule has 1 amide bonds. The van der Waals surface area contributed by atoms with Crippen molar-refractivity contribution >= 4 is 5.91 Å². The van der Waals surface area contributed by atoms with Crippen LogP contribution in [0.1, 0.15) is 51.4 Å². The molecule has 0 aromatic rings. The van der Waals surface area contributed by atoms with Gasteiger partial charge in [-0.3, -0.25) is 4.79 Å². The Morgan fingerprint density at radius 1 is 1.16 bits per heavy atom. The van der Waals surface area contributed by atoms with E-state index < -0.39 is 0 Å². The third kappa shape index (κ3) is 3.29. The number of carbonyl (C=O) groups is 1. The molecule has 3 aliphatic rings. The summed E-state index contributed by atoms with van der Waals surface area (Å²) in [6.07, 6.45) is 9.06. The molecule has 4 heteroatoms. The van der Waals surface area contributed by atoms with E-state index in [-0.39, 0.29) is 12.0 Å². The van der Waals surface area contributed by atoms with Crippen molar-refractivity contribution in [3.8, 4) is 0 Å². The van der Waals surface area contributed by atoms with Crippen molar-refractivity contribution in [2.75, 3.05) is 13.1 Å². The van der Waals surface area contributed by atoms with Crippen LogP contribution in [0.4, 0.5) is 0 Å². The monoisotopic (exact) mass is 265 g/mol. The highest BCUT2D eigenvalue weighted by atomic mass is 16.2. The highest BCUT2D eigenvalue weighted by molar-refractivity contribution is 5.79. The molecule has 1 heterocycles. The standard InChI is InChI=1S/C15H27N3O/c16-12-4-1-3-11(9-12)15(19)18(14-6-7-14)10-13-5-2-8-17-13/h11-14,17H,1-10,16H2/t11-,12+,13-/m0/s1. The molecular weight excluding hydrogens is 238 g/mol. The maximum absolute atomic E-state index is 12.8. The van der Waals surface area contributed by atoms with E-state index in [1.807, 2.05) is 0 Å². The van der Waals surface area contributed by atoms with E-state index in [0.717, 1.165) is 38.8 Å². The lowest BCUT2D eigenvalue weighted by Crippen LogP contribution is -2.46. The summed E-state index contributed by atoms with van der Waals surface area (Å²) in [6, 6.07) is 1.31. The molecule has 0 unspecified atom stereocenters. The van der Waals surface area contributed by atoms with Crippen molar-refractivity contribution in [1.82, 2.24) is 10.2 Å². The molecule has 0 spiro atoms. The summed E-state index contributed by atoms with van der Waals surface area (Å²) >= 11 is 0. The second-order valence-electron chi connectivity index (χ2n) is 6.64. The highest BCUT2D eigenvalue weighted by Gasteiger charge is 2.38. The number of carbonyl (C=O) groups excluding carboxylic acids is 1. The first-order valence-corrected chi connectivity index (χ1v) is 8.03. The van der Waals surface area contributed by atoms with Gasteiger partial charge in [-0.15, -0.1) is 0 Å². The lowest BCUT2D eigenvalue weighted by atomic mass is 9.85. The van der Waals surface area contributed by atoms with Gasteiger partial charge in [0.2, 0.25) is 5.91 Å². The fourth-order valence-corrected chi connectivity index (χ4v) is 3.64. The van der Waals surface area contributed by atoms with E-state index in [0.29, 0.717) is 18.0 Å². The van der Waals surface area contributed by atoms with E-state index in [9.17, 15) is 4.79 Å². The SMILES string of the molecule is N[C@@H]1CCC[C@H](C(=O)N(C[C@@H]2CCCN2)C2CC2)C1. The van der Waals surface area contributed by atoms with Gasteiger partial charge in [0, 0.05) is 30.6 Å². The van der Waals surface area contributed by atoms with Crippen molar-refractivity contribution < 1.29 is 4.79 Å². The Hall–Kier alpha value is -0.610. The van der Waals surface area contributed by atoms with Crippen LogP contribution in [0.5, 0.6) is 0 Å². The minimum atomic E-state index is 0.200. The topological polar surface area (TPSA) is 58.4 Å². The molecule has 19 heavy (non-hydrogen) atoms. The number of nitrogens with one attached hydrogen (secondary N) is 1. The molecule has 1 aliphatic heterocycles. The summed E-state index contributed by atoms with van der Waals surface area (Å²) in [5, 5.41) is 3.52.